The molecule has 0 atom stereocenters. The first kappa shape index (κ1) is 28.9. The van der Waals surface area contributed by atoms with E-state index in [1.165, 1.54) is 48.5 Å². The first-order chi connectivity index (χ1) is 18.6. The summed E-state index contributed by atoms with van der Waals surface area (Å²) >= 11 is 0. The van der Waals surface area contributed by atoms with Gasteiger partial charge in [0.1, 0.15) is 11.6 Å². The van der Waals surface area contributed by atoms with E-state index in [-0.39, 0.29) is 17.0 Å². The molecule has 0 spiro atoms. The van der Waals surface area contributed by atoms with Crippen molar-refractivity contribution >= 4 is 38.9 Å². The van der Waals surface area contributed by atoms with Gasteiger partial charge in [0.25, 0.3) is 0 Å². The minimum Gasteiger partial charge on any atom is -0.487 e. The number of para-hydroxylation sites is 1. The number of rotatable bonds is 8. The standard InChI is InChI=1S/C25H17F8N3O3S/c26-23(27,24(28,29)30)14-39-17-9-5-15(6-10-17)7-12-22-34-20-11-8-16(13-21(20)35-22)18-3-1-2-4-19(18)36-40(37,38)25(31,32)33/h1-13,36H,14H2,(H,34,35). The molecule has 4 aromatic rings. The van der Waals surface area contributed by atoms with Crippen molar-refractivity contribution in [3.05, 3.63) is 78.1 Å². The third-order valence-corrected chi connectivity index (χ3v) is 6.53. The summed E-state index contributed by atoms with van der Waals surface area (Å²) in [4.78, 5) is 7.36. The molecule has 0 bridgehead atoms. The molecule has 6 nitrogen and oxygen atoms in total. The van der Waals surface area contributed by atoms with E-state index in [2.05, 4.69) is 14.7 Å². The molecule has 1 heterocycles. The summed E-state index contributed by atoms with van der Waals surface area (Å²) in [5, 5.41) is 0. The summed E-state index contributed by atoms with van der Waals surface area (Å²) in [6, 6.07) is 15.6. The zero-order valence-electron chi connectivity index (χ0n) is 19.8. The van der Waals surface area contributed by atoms with Crippen molar-refractivity contribution in [3.63, 3.8) is 0 Å². The van der Waals surface area contributed by atoms with Gasteiger partial charge >= 0.3 is 27.6 Å². The van der Waals surface area contributed by atoms with Gasteiger partial charge in [-0.05, 0) is 47.5 Å². The van der Waals surface area contributed by atoms with Crippen LogP contribution < -0.4 is 9.46 Å². The molecule has 0 aliphatic heterocycles. The van der Waals surface area contributed by atoms with E-state index in [4.69, 9.17) is 0 Å². The molecule has 0 radical (unpaired) electrons. The van der Waals surface area contributed by atoms with E-state index in [1.54, 1.807) is 35.1 Å². The number of aromatic amines is 1. The highest BCUT2D eigenvalue weighted by Crippen LogP contribution is 2.36. The fourth-order valence-corrected chi connectivity index (χ4v) is 3.99. The Morgan fingerprint density at radius 1 is 0.875 bits per heavy atom. The zero-order chi connectivity index (χ0) is 29.3. The Hall–Kier alpha value is -4.14. The average Bonchev–Trinajstić information content (AvgIpc) is 3.28. The lowest BCUT2D eigenvalue weighted by molar-refractivity contribution is -0.290. The van der Waals surface area contributed by atoms with Crippen LogP contribution in [-0.4, -0.2) is 42.6 Å². The Labute approximate surface area is 221 Å². The SMILES string of the molecule is O=S(=O)(Nc1ccccc1-c1ccc2nc(C=Cc3ccc(OCC(F)(F)C(F)(F)F)cc3)[nH]c2c1)C(F)(F)F. The summed E-state index contributed by atoms with van der Waals surface area (Å²) in [7, 11) is -5.64. The second kappa shape index (κ2) is 10.4. The Kier molecular flexibility index (Phi) is 7.53. The van der Waals surface area contributed by atoms with Crippen LogP contribution in [0, 0.1) is 0 Å². The van der Waals surface area contributed by atoms with Crippen LogP contribution in [0.4, 0.5) is 40.8 Å². The fraction of sp³-hybridized carbons (Fsp3) is 0.160. The maximum atomic E-state index is 13.0. The van der Waals surface area contributed by atoms with Crippen molar-refractivity contribution in [1.82, 2.24) is 9.97 Å². The van der Waals surface area contributed by atoms with Gasteiger partial charge in [-0.3, -0.25) is 4.72 Å². The fourth-order valence-electron chi connectivity index (χ4n) is 3.41. The number of benzene rings is 3. The van der Waals surface area contributed by atoms with Crippen LogP contribution in [0.5, 0.6) is 5.75 Å². The molecule has 0 unspecified atom stereocenters. The van der Waals surface area contributed by atoms with Crippen LogP contribution in [0.3, 0.4) is 0 Å². The van der Waals surface area contributed by atoms with Crippen LogP contribution in [0.2, 0.25) is 0 Å². The van der Waals surface area contributed by atoms with E-state index in [1.807, 2.05) is 0 Å². The van der Waals surface area contributed by atoms with Crippen molar-refractivity contribution < 1.29 is 48.3 Å². The Morgan fingerprint density at radius 2 is 1.55 bits per heavy atom. The van der Waals surface area contributed by atoms with Gasteiger partial charge in [-0.15, -0.1) is 0 Å². The number of halogens is 8. The van der Waals surface area contributed by atoms with E-state index in [0.717, 1.165) is 0 Å². The number of ether oxygens (including phenoxy) is 1. The molecule has 40 heavy (non-hydrogen) atoms. The lowest BCUT2D eigenvalue weighted by atomic mass is 10.0. The minimum absolute atomic E-state index is 0.185. The van der Waals surface area contributed by atoms with Crippen molar-refractivity contribution in [2.75, 3.05) is 11.3 Å². The summed E-state index contributed by atoms with van der Waals surface area (Å²) in [5.41, 5.74) is -3.65. The third-order valence-electron chi connectivity index (χ3n) is 5.44. The average molecular weight is 591 g/mol. The van der Waals surface area contributed by atoms with Crippen LogP contribution >= 0.6 is 0 Å². The van der Waals surface area contributed by atoms with Gasteiger partial charge in [-0.25, -0.2) is 4.98 Å². The highest BCUT2D eigenvalue weighted by Gasteiger charge is 2.58. The first-order valence-corrected chi connectivity index (χ1v) is 12.6. The molecular weight excluding hydrogens is 574 g/mol. The molecular formula is C25H17F8N3O3S. The Balaban J connectivity index is 1.50. The van der Waals surface area contributed by atoms with Crippen LogP contribution in [0.25, 0.3) is 34.3 Å². The number of hydrogen-bond acceptors (Lipinski definition) is 4. The quantitative estimate of drug-likeness (QED) is 0.212. The van der Waals surface area contributed by atoms with Crippen LogP contribution in [-0.2, 0) is 10.0 Å². The largest absolute Gasteiger partial charge is 0.516 e. The number of alkyl halides is 8. The molecule has 0 aliphatic carbocycles. The number of fused-ring (bicyclic) bond motifs is 1. The van der Waals surface area contributed by atoms with Gasteiger partial charge in [0.2, 0.25) is 0 Å². The normalized spacial score (nSPS) is 13.2. The number of sulfonamides is 1. The number of hydrogen-bond donors (Lipinski definition) is 2. The van der Waals surface area contributed by atoms with Gasteiger partial charge in [-0.1, -0.05) is 42.5 Å². The lowest BCUT2D eigenvalue weighted by Gasteiger charge is -2.19. The van der Waals surface area contributed by atoms with Gasteiger partial charge in [0.05, 0.1) is 16.7 Å². The molecule has 0 aliphatic rings. The summed E-state index contributed by atoms with van der Waals surface area (Å²) in [6.45, 7) is -1.86. The third kappa shape index (κ3) is 6.35. The molecule has 0 saturated carbocycles. The number of anilines is 1. The molecule has 15 heteroatoms. The van der Waals surface area contributed by atoms with E-state index < -0.39 is 34.2 Å². The maximum Gasteiger partial charge on any atom is 0.516 e. The topological polar surface area (TPSA) is 84.1 Å². The molecule has 212 valence electrons. The molecule has 1 aromatic heterocycles. The van der Waals surface area contributed by atoms with E-state index in [0.29, 0.717) is 28.0 Å². The number of H-pyrrole nitrogens is 1. The molecule has 0 saturated heterocycles. The molecule has 3 aromatic carbocycles. The monoisotopic (exact) mass is 591 g/mol. The van der Waals surface area contributed by atoms with Crippen LogP contribution in [0.1, 0.15) is 11.4 Å². The van der Waals surface area contributed by atoms with Crippen molar-refractivity contribution in [2.45, 2.75) is 17.6 Å². The predicted molar refractivity (Wildman–Crippen MR) is 132 cm³/mol. The Bertz CT molecular complexity index is 1640. The second-order valence-electron chi connectivity index (χ2n) is 8.34. The first-order valence-electron chi connectivity index (χ1n) is 11.1. The minimum atomic E-state index is -5.73. The summed E-state index contributed by atoms with van der Waals surface area (Å²) in [6.07, 6.45) is -2.59. The van der Waals surface area contributed by atoms with E-state index in [9.17, 15) is 43.5 Å². The van der Waals surface area contributed by atoms with E-state index >= 15 is 0 Å². The maximum absolute atomic E-state index is 13.0. The van der Waals surface area contributed by atoms with Gasteiger partial charge in [0, 0.05) is 5.56 Å². The van der Waals surface area contributed by atoms with Crippen molar-refractivity contribution in [1.29, 1.82) is 0 Å². The summed E-state index contributed by atoms with van der Waals surface area (Å²) < 4.78 is 131. The summed E-state index contributed by atoms with van der Waals surface area (Å²) in [5.74, 6) is -4.81. The van der Waals surface area contributed by atoms with Crippen molar-refractivity contribution in [2.24, 2.45) is 0 Å². The second-order valence-corrected chi connectivity index (χ2v) is 10.0. The highest BCUT2D eigenvalue weighted by molar-refractivity contribution is 7.93. The van der Waals surface area contributed by atoms with Crippen molar-refractivity contribution in [3.8, 4) is 16.9 Å². The lowest BCUT2D eigenvalue weighted by Crippen LogP contribution is -2.41. The Morgan fingerprint density at radius 3 is 2.20 bits per heavy atom. The number of imidazole rings is 1. The van der Waals surface area contributed by atoms with Crippen LogP contribution in [0.15, 0.2) is 66.7 Å². The smallest absolute Gasteiger partial charge is 0.487 e. The molecule has 0 fully saturated rings. The number of nitrogens with zero attached hydrogens (tertiary/aromatic N) is 1. The molecule has 0 amide bonds. The molecule has 2 N–H and O–H groups in total. The number of aromatic nitrogens is 2. The van der Waals surface area contributed by atoms with Gasteiger partial charge < -0.3 is 9.72 Å². The predicted octanol–water partition coefficient (Wildman–Crippen LogP) is 7.24. The van der Waals surface area contributed by atoms with Gasteiger partial charge in [0.15, 0.2) is 6.61 Å². The highest BCUT2D eigenvalue weighted by atomic mass is 32.2. The van der Waals surface area contributed by atoms with Gasteiger partial charge in [-0.2, -0.15) is 43.5 Å². The zero-order valence-corrected chi connectivity index (χ0v) is 20.6. The molecule has 4 rings (SSSR count). The number of nitrogens with one attached hydrogen (secondary N) is 2.